The molecular weight excluding hydrogens is 372 g/mol. The van der Waals surface area contributed by atoms with E-state index in [0.717, 1.165) is 34.9 Å². The lowest BCUT2D eigenvalue weighted by Gasteiger charge is -2.22. The van der Waals surface area contributed by atoms with Crippen LogP contribution in [0.1, 0.15) is 25.0 Å². The number of anilines is 4. The van der Waals surface area contributed by atoms with Crippen molar-refractivity contribution in [2.45, 2.75) is 27.3 Å². The minimum absolute atomic E-state index is 0.447. The van der Waals surface area contributed by atoms with E-state index in [0.29, 0.717) is 18.3 Å². The Kier molecular flexibility index (Phi) is 6.66. The first-order chi connectivity index (χ1) is 13.6. The van der Waals surface area contributed by atoms with Crippen molar-refractivity contribution in [1.29, 1.82) is 0 Å². The summed E-state index contributed by atoms with van der Waals surface area (Å²) < 4.78 is 0. The van der Waals surface area contributed by atoms with Crippen LogP contribution in [0.25, 0.3) is 0 Å². The molecule has 0 bridgehead atoms. The SMILES string of the molecule is CCN(CC)c1ccc(Nc2nncc(NCc3ccccc3Cl)n2)c(C)c1. The lowest BCUT2D eigenvalue weighted by Crippen LogP contribution is -2.21. The van der Waals surface area contributed by atoms with Crippen LogP contribution >= 0.6 is 11.6 Å². The van der Waals surface area contributed by atoms with E-state index in [4.69, 9.17) is 11.6 Å². The standard InChI is InChI=1S/C21H25ClN6/c1-4-28(5-2)17-10-11-19(15(3)12-17)25-21-26-20(14-24-27-21)23-13-16-8-6-7-9-18(16)22/h6-12,14H,4-5,13H2,1-3H3,(H2,23,25,26,27). The van der Waals surface area contributed by atoms with Crippen LogP contribution in [0.3, 0.4) is 0 Å². The van der Waals surface area contributed by atoms with Crippen molar-refractivity contribution >= 4 is 34.7 Å². The number of halogens is 1. The highest BCUT2D eigenvalue weighted by Gasteiger charge is 2.08. The molecule has 0 amide bonds. The van der Waals surface area contributed by atoms with Gasteiger partial charge in [0.2, 0.25) is 5.95 Å². The molecule has 0 fully saturated rings. The van der Waals surface area contributed by atoms with Gasteiger partial charge in [0.15, 0.2) is 5.82 Å². The third-order valence-electron chi connectivity index (χ3n) is 4.56. The molecule has 3 rings (SSSR count). The number of hydrogen-bond acceptors (Lipinski definition) is 6. The van der Waals surface area contributed by atoms with Crippen molar-refractivity contribution in [3.8, 4) is 0 Å². The summed E-state index contributed by atoms with van der Waals surface area (Å²) in [5.41, 5.74) is 4.30. The van der Waals surface area contributed by atoms with Crippen LogP contribution in [0.4, 0.5) is 23.1 Å². The summed E-state index contributed by atoms with van der Waals surface area (Å²) in [7, 11) is 0. The molecule has 1 heterocycles. The third kappa shape index (κ3) is 4.89. The second-order valence-electron chi connectivity index (χ2n) is 6.41. The Balaban J connectivity index is 1.70. The molecule has 0 saturated carbocycles. The van der Waals surface area contributed by atoms with Gasteiger partial charge in [0.05, 0.1) is 6.20 Å². The number of benzene rings is 2. The van der Waals surface area contributed by atoms with Gasteiger partial charge in [0.25, 0.3) is 0 Å². The second-order valence-corrected chi connectivity index (χ2v) is 6.81. The zero-order valence-electron chi connectivity index (χ0n) is 16.4. The molecule has 0 aliphatic carbocycles. The van der Waals surface area contributed by atoms with Gasteiger partial charge < -0.3 is 15.5 Å². The summed E-state index contributed by atoms with van der Waals surface area (Å²) in [4.78, 5) is 6.81. The maximum absolute atomic E-state index is 6.20. The first kappa shape index (κ1) is 19.9. The van der Waals surface area contributed by atoms with E-state index in [9.17, 15) is 0 Å². The first-order valence-electron chi connectivity index (χ1n) is 9.40. The minimum atomic E-state index is 0.447. The quantitative estimate of drug-likeness (QED) is 0.556. The van der Waals surface area contributed by atoms with Crippen molar-refractivity contribution in [2.75, 3.05) is 28.6 Å². The van der Waals surface area contributed by atoms with Crippen LogP contribution < -0.4 is 15.5 Å². The molecule has 0 spiro atoms. The number of hydrogen-bond donors (Lipinski definition) is 2. The molecule has 146 valence electrons. The molecule has 6 nitrogen and oxygen atoms in total. The molecule has 0 unspecified atom stereocenters. The Hall–Kier alpha value is -2.86. The van der Waals surface area contributed by atoms with Crippen LogP contribution in [0, 0.1) is 6.92 Å². The summed E-state index contributed by atoms with van der Waals surface area (Å²) in [5, 5.41) is 15.3. The van der Waals surface area contributed by atoms with E-state index in [1.54, 1.807) is 6.20 Å². The topological polar surface area (TPSA) is 66.0 Å². The highest BCUT2D eigenvalue weighted by molar-refractivity contribution is 6.31. The predicted octanol–water partition coefficient (Wildman–Crippen LogP) is 5.04. The average molecular weight is 397 g/mol. The predicted molar refractivity (Wildman–Crippen MR) is 117 cm³/mol. The van der Waals surface area contributed by atoms with Gasteiger partial charge in [-0.1, -0.05) is 29.8 Å². The van der Waals surface area contributed by atoms with Gasteiger partial charge in [-0.25, -0.2) is 0 Å². The fourth-order valence-electron chi connectivity index (χ4n) is 2.96. The highest BCUT2D eigenvalue weighted by atomic mass is 35.5. The van der Waals surface area contributed by atoms with Crippen LogP contribution in [0.2, 0.25) is 5.02 Å². The summed E-state index contributed by atoms with van der Waals surface area (Å²) in [6, 6.07) is 14.0. The van der Waals surface area contributed by atoms with Crippen LogP contribution in [-0.4, -0.2) is 28.3 Å². The molecular formula is C21H25ClN6. The summed E-state index contributed by atoms with van der Waals surface area (Å²) >= 11 is 6.20. The van der Waals surface area contributed by atoms with Crippen molar-refractivity contribution in [2.24, 2.45) is 0 Å². The second kappa shape index (κ2) is 9.37. The monoisotopic (exact) mass is 396 g/mol. The van der Waals surface area contributed by atoms with E-state index in [1.807, 2.05) is 24.3 Å². The normalized spacial score (nSPS) is 10.6. The van der Waals surface area contributed by atoms with Gasteiger partial charge in [-0.2, -0.15) is 10.1 Å². The third-order valence-corrected chi connectivity index (χ3v) is 4.93. The van der Waals surface area contributed by atoms with Crippen LogP contribution in [-0.2, 0) is 6.54 Å². The van der Waals surface area contributed by atoms with Gasteiger partial charge >= 0.3 is 0 Å². The lowest BCUT2D eigenvalue weighted by atomic mass is 10.1. The Morgan fingerprint density at radius 2 is 1.86 bits per heavy atom. The van der Waals surface area contributed by atoms with Crippen molar-refractivity contribution < 1.29 is 0 Å². The summed E-state index contributed by atoms with van der Waals surface area (Å²) in [6.07, 6.45) is 1.60. The zero-order chi connectivity index (χ0) is 19.9. The average Bonchev–Trinajstić information content (AvgIpc) is 2.71. The van der Waals surface area contributed by atoms with Crippen molar-refractivity contribution in [3.63, 3.8) is 0 Å². The Bertz CT molecular complexity index is 926. The Labute approximate surface area is 171 Å². The maximum atomic E-state index is 6.20. The largest absolute Gasteiger partial charge is 0.372 e. The highest BCUT2D eigenvalue weighted by Crippen LogP contribution is 2.24. The molecule has 0 aliphatic heterocycles. The molecule has 0 aliphatic rings. The summed E-state index contributed by atoms with van der Waals surface area (Å²) in [6.45, 7) is 8.92. The Morgan fingerprint density at radius 1 is 1.07 bits per heavy atom. The maximum Gasteiger partial charge on any atom is 0.249 e. The Morgan fingerprint density at radius 3 is 2.57 bits per heavy atom. The minimum Gasteiger partial charge on any atom is -0.372 e. The first-order valence-corrected chi connectivity index (χ1v) is 9.78. The van der Waals surface area contributed by atoms with Gasteiger partial charge in [-0.3, -0.25) is 0 Å². The molecule has 0 radical (unpaired) electrons. The fourth-order valence-corrected chi connectivity index (χ4v) is 3.17. The van der Waals surface area contributed by atoms with Crippen LogP contribution in [0.5, 0.6) is 0 Å². The number of rotatable bonds is 8. The van der Waals surface area contributed by atoms with Gasteiger partial charge in [-0.15, -0.1) is 5.10 Å². The fraction of sp³-hybridized carbons (Fsp3) is 0.286. The molecule has 28 heavy (non-hydrogen) atoms. The number of nitrogens with one attached hydrogen (secondary N) is 2. The molecule has 1 aromatic heterocycles. The number of aromatic nitrogens is 3. The van der Waals surface area contributed by atoms with E-state index in [2.05, 4.69) is 69.7 Å². The smallest absolute Gasteiger partial charge is 0.249 e. The van der Waals surface area contributed by atoms with Gasteiger partial charge in [0.1, 0.15) is 0 Å². The lowest BCUT2D eigenvalue weighted by molar-refractivity contribution is 0.865. The number of aryl methyl sites for hydroxylation is 1. The molecule has 3 aromatic rings. The molecule has 0 saturated heterocycles. The van der Waals surface area contributed by atoms with Gasteiger partial charge in [0, 0.05) is 36.0 Å². The van der Waals surface area contributed by atoms with Crippen LogP contribution in [0.15, 0.2) is 48.7 Å². The van der Waals surface area contributed by atoms with Gasteiger partial charge in [-0.05, 0) is 56.2 Å². The molecule has 0 atom stereocenters. The van der Waals surface area contributed by atoms with E-state index in [1.165, 1.54) is 5.69 Å². The summed E-state index contributed by atoms with van der Waals surface area (Å²) in [5.74, 6) is 1.08. The molecule has 2 aromatic carbocycles. The number of nitrogens with zero attached hydrogens (tertiary/aromatic N) is 4. The molecule has 2 N–H and O–H groups in total. The van der Waals surface area contributed by atoms with E-state index >= 15 is 0 Å². The zero-order valence-corrected chi connectivity index (χ0v) is 17.2. The van der Waals surface area contributed by atoms with Crippen molar-refractivity contribution in [3.05, 3.63) is 64.8 Å². The van der Waals surface area contributed by atoms with E-state index in [-0.39, 0.29) is 0 Å². The van der Waals surface area contributed by atoms with Crippen molar-refractivity contribution in [1.82, 2.24) is 15.2 Å². The molecule has 7 heteroatoms. The van der Waals surface area contributed by atoms with E-state index < -0.39 is 0 Å².